The zero-order valence-electron chi connectivity index (χ0n) is 14.3. The number of ether oxygens (including phenoxy) is 1. The van der Waals surface area contributed by atoms with Crippen molar-refractivity contribution in [2.24, 2.45) is 5.10 Å². The van der Waals surface area contributed by atoms with Gasteiger partial charge in [-0.15, -0.1) is 0 Å². The van der Waals surface area contributed by atoms with Gasteiger partial charge in [0.25, 0.3) is 0 Å². The van der Waals surface area contributed by atoms with E-state index in [0.29, 0.717) is 5.02 Å². The molecule has 2 aromatic carbocycles. The van der Waals surface area contributed by atoms with Gasteiger partial charge in [0.05, 0.1) is 11.8 Å². The molecular weight excluding hydrogens is 339 g/mol. The largest absolute Gasteiger partial charge is 0.466 e. The van der Waals surface area contributed by atoms with E-state index in [2.05, 4.69) is 18.9 Å². The molecule has 5 heteroatoms. The first-order valence-corrected chi connectivity index (χ1v) is 8.99. The molecule has 0 saturated carbocycles. The van der Waals surface area contributed by atoms with Gasteiger partial charge in [-0.25, -0.2) is 9.40 Å². The summed E-state index contributed by atoms with van der Waals surface area (Å²) in [5.41, 5.74) is 2.45. The maximum absolute atomic E-state index is 13.2. The number of rotatable bonds is 3. The van der Waals surface area contributed by atoms with Crippen LogP contribution in [0.4, 0.5) is 4.39 Å². The van der Waals surface area contributed by atoms with E-state index >= 15 is 0 Å². The second kappa shape index (κ2) is 6.03. The van der Waals surface area contributed by atoms with E-state index in [-0.39, 0.29) is 11.9 Å². The topological polar surface area (TPSA) is 24.8 Å². The van der Waals surface area contributed by atoms with Crippen molar-refractivity contribution in [3.05, 3.63) is 64.4 Å². The number of halogens is 2. The predicted octanol–water partition coefficient (Wildman–Crippen LogP) is 5.54. The van der Waals surface area contributed by atoms with Crippen LogP contribution in [0.3, 0.4) is 0 Å². The summed E-state index contributed by atoms with van der Waals surface area (Å²) in [6.45, 7) is 4.22. The molecule has 0 fully saturated rings. The Bertz CT molecular complexity index is 836. The third kappa shape index (κ3) is 2.78. The Balaban J connectivity index is 1.78. The quantitative estimate of drug-likeness (QED) is 0.719. The van der Waals surface area contributed by atoms with Crippen molar-refractivity contribution in [3.8, 4) is 5.75 Å². The molecule has 2 aliphatic heterocycles. The first-order valence-electron chi connectivity index (χ1n) is 8.61. The highest BCUT2D eigenvalue weighted by Gasteiger charge is 2.47. The number of nitrogens with zero attached hydrogens (tertiary/aromatic N) is 2. The highest BCUT2D eigenvalue weighted by molar-refractivity contribution is 6.30. The lowest BCUT2D eigenvalue weighted by molar-refractivity contribution is -0.111. The van der Waals surface area contributed by atoms with Crippen LogP contribution in [0.15, 0.2) is 47.6 Å². The summed E-state index contributed by atoms with van der Waals surface area (Å²) in [6, 6.07) is 12.4. The molecular formula is C20H20ClFN2O. The van der Waals surface area contributed by atoms with Gasteiger partial charge >= 0.3 is 0 Å². The molecule has 0 unspecified atom stereocenters. The first-order chi connectivity index (χ1) is 12.0. The maximum atomic E-state index is 13.2. The number of hydrogen-bond acceptors (Lipinski definition) is 3. The summed E-state index contributed by atoms with van der Waals surface area (Å²) >= 11 is 6.22. The van der Waals surface area contributed by atoms with Gasteiger partial charge in [-0.1, -0.05) is 37.1 Å². The maximum Gasteiger partial charge on any atom is 0.195 e. The molecule has 0 radical (unpaired) electrons. The van der Waals surface area contributed by atoms with Crippen LogP contribution in [0.2, 0.25) is 5.02 Å². The van der Waals surface area contributed by atoms with E-state index in [0.717, 1.165) is 41.9 Å². The van der Waals surface area contributed by atoms with E-state index in [1.807, 2.05) is 18.2 Å². The summed E-state index contributed by atoms with van der Waals surface area (Å²) < 4.78 is 19.6. The van der Waals surface area contributed by atoms with Gasteiger partial charge in [0.15, 0.2) is 5.72 Å². The molecule has 0 aromatic heterocycles. The summed E-state index contributed by atoms with van der Waals surface area (Å²) in [6.07, 6.45) is 2.61. The Kier molecular flexibility index (Phi) is 3.95. The van der Waals surface area contributed by atoms with Gasteiger partial charge < -0.3 is 4.74 Å². The summed E-state index contributed by atoms with van der Waals surface area (Å²) in [4.78, 5) is 0. The Labute approximate surface area is 152 Å². The minimum atomic E-state index is -0.498. The third-order valence-corrected chi connectivity index (χ3v) is 5.18. The minimum Gasteiger partial charge on any atom is -0.466 e. The van der Waals surface area contributed by atoms with Crippen LogP contribution in [-0.4, -0.2) is 16.4 Å². The SMILES string of the molecule is CCC[C@@]1(C)Oc2ccc(Cl)cc2[C@H]2CC(c3ccc(F)cc3)=NN21. The smallest absolute Gasteiger partial charge is 0.195 e. The van der Waals surface area contributed by atoms with Gasteiger partial charge in [0, 0.05) is 23.4 Å². The lowest BCUT2D eigenvalue weighted by Gasteiger charge is -2.45. The molecule has 2 aliphatic rings. The van der Waals surface area contributed by atoms with Crippen LogP contribution in [0.1, 0.15) is 50.3 Å². The normalized spacial score (nSPS) is 24.4. The minimum absolute atomic E-state index is 0.0825. The van der Waals surface area contributed by atoms with Crippen molar-refractivity contribution in [1.82, 2.24) is 5.01 Å². The molecule has 0 amide bonds. The van der Waals surface area contributed by atoms with Crippen molar-refractivity contribution >= 4 is 17.3 Å². The van der Waals surface area contributed by atoms with Gasteiger partial charge in [-0.2, -0.15) is 5.10 Å². The fourth-order valence-electron chi connectivity index (χ4n) is 3.79. The average Bonchev–Trinajstić information content (AvgIpc) is 3.03. The van der Waals surface area contributed by atoms with Crippen LogP contribution in [-0.2, 0) is 0 Å². The van der Waals surface area contributed by atoms with Crippen molar-refractivity contribution in [2.75, 3.05) is 0 Å². The van der Waals surface area contributed by atoms with Gasteiger partial charge in [0.2, 0.25) is 0 Å². The average molecular weight is 359 g/mol. The fraction of sp³-hybridized carbons (Fsp3) is 0.350. The molecule has 3 nitrogen and oxygen atoms in total. The molecule has 2 atom stereocenters. The van der Waals surface area contributed by atoms with Crippen molar-refractivity contribution in [1.29, 1.82) is 0 Å². The molecule has 130 valence electrons. The second-order valence-corrected chi connectivity index (χ2v) is 7.26. The number of hydrogen-bond donors (Lipinski definition) is 0. The van der Waals surface area contributed by atoms with E-state index in [4.69, 9.17) is 21.4 Å². The fourth-order valence-corrected chi connectivity index (χ4v) is 3.97. The van der Waals surface area contributed by atoms with Crippen LogP contribution in [0, 0.1) is 5.82 Å². The second-order valence-electron chi connectivity index (χ2n) is 6.83. The third-order valence-electron chi connectivity index (χ3n) is 4.95. The van der Waals surface area contributed by atoms with E-state index < -0.39 is 5.72 Å². The summed E-state index contributed by atoms with van der Waals surface area (Å²) in [7, 11) is 0. The Morgan fingerprint density at radius 1 is 1.28 bits per heavy atom. The molecule has 0 saturated heterocycles. The van der Waals surface area contributed by atoms with E-state index in [1.54, 1.807) is 12.1 Å². The molecule has 0 bridgehead atoms. The summed E-state index contributed by atoms with van der Waals surface area (Å²) in [5.74, 6) is 0.633. The van der Waals surface area contributed by atoms with Gasteiger partial charge in [-0.05, 0) is 42.8 Å². The Morgan fingerprint density at radius 2 is 2.04 bits per heavy atom. The standard InChI is InChI=1S/C20H20ClFN2O/c1-3-10-20(2)24-18(16-11-14(21)6-9-19(16)25-20)12-17(23-24)13-4-7-15(22)8-5-13/h4-9,11,18H,3,10,12H2,1-2H3/t18-,20-/m1/s1. The van der Waals surface area contributed by atoms with Crippen molar-refractivity contribution in [2.45, 2.75) is 44.9 Å². The molecule has 25 heavy (non-hydrogen) atoms. The lowest BCUT2D eigenvalue weighted by Crippen LogP contribution is -2.51. The van der Waals surface area contributed by atoms with Gasteiger partial charge in [-0.3, -0.25) is 0 Å². The summed E-state index contributed by atoms with van der Waals surface area (Å²) in [5, 5.41) is 7.62. The Hall–Kier alpha value is -2.07. The van der Waals surface area contributed by atoms with E-state index in [9.17, 15) is 4.39 Å². The van der Waals surface area contributed by atoms with E-state index in [1.165, 1.54) is 12.1 Å². The van der Waals surface area contributed by atoms with Crippen LogP contribution in [0.25, 0.3) is 0 Å². The van der Waals surface area contributed by atoms with Crippen molar-refractivity contribution in [3.63, 3.8) is 0 Å². The predicted molar refractivity (Wildman–Crippen MR) is 97.5 cm³/mol. The molecule has 0 aliphatic carbocycles. The zero-order chi connectivity index (χ0) is 17.6. The van der Waals surface area contributed by atoms with Crippen LogP contribution >= 0.6 is 11.6 Å². The highest BCUT2D eigenvalue weighted by atomic mass is 35.5. The first kappa shape index (κ1) is 16.4. The van der Waals surface area contributed by atoms with Crippen LogP contribution in [0.5, 0.6) is 5.75 Å². The highest BCUT2D eigenvalue weighted by Crippen LogP contribution is 2.48. The monoisotopic (exact) mass is 358 g/mol. The number of benzene rings is 2. The zero-order valence-corrected chi connectivity index (χ0v) is 15.1. The van der Waals surface area contributed by atoms with Crippen molar-refractivity contribution < 1.29 is 9.13 Å². The molecule has 4 rings (SSSR count). The number of fused-ring (bicyclic) bond motifs is 3. The molecule has 2 aromatic rings. The molecule has 0 N–H and O–H groups in total. The Morgan fingerprint density at radius 3 is 2.76 bits per heavy atom. The lowest BCUT2D eigenvalue weighted by atomic mass is 9.94. The number of hydrazone groups is 1. The molecule has 0 spiro atoms. The van der Waals surface area contributed by atoms with Gasteiger partial charge in [0.1, 0.15) is 11.6 Å². The van der Waals surface area contributed by atoms with Crippen LogP contribution < -0.4 is 4.74 Å². The molecule has 2 heterocycles.